The van der Waals surface area contributed by atoms with Crippen LogP contribution in [0.4, 0.5) is 5.69 Å². The van der Waals surface area contributed by atoms with E-state index < -0.39 is 0 Å². The number of anilines is 1. The lowest BCUT2D eigenvalue weighted by atomic mass is 10.2. The molecule has 0 aliphatic heterocycles. The van der Waals surface area contributed by atoms with Crippen LogP contribution in [0.2, 0.25) is 10.0 Å². The number of nitrogens with one attached hydrogen (secondary N) is 1. The highest BCUT2D eigenvalue weighted by molar-refractivity contribution is 9.10. The topological polar surface area (TPSA) is 58.6 Å². The summed E-state index contributed by atoms with van der Waals surface area (Å²) in [5.74, 6) is -0.406. The van der Waals surface area contributed by atoms with E-state index in [2.05, 4.69) is 21.2 Å². The summed E-state index contributed by atoms with van der Waals surface area (Å²) < 4.78 is 5.81. The number of likely N-dealkylation sites (N-methyl/N-ethyl adjacent to an activating group) is 1. The second kappa shape index (κ2) is 8.56. The van der Waals surface area contributed by atoms with Crippen LogP contribution in [-0.2, 0) is 4.79 Å². The molecule has 132 valence electrons. The first-order chi connectivity index (χ1) is 11.8. The number of ether oxygens (including phenoxy) is 1. The SMILES string of the molecule is COc1c(Cl)cc(C(=O)N(C)CC(=O)Nc2ccccc2Br)cc1Cl. The number of rotatable bonds is 5. The molecular formula is C17H15BrCl2N2O3. The molecule has 8 heteroatoms. The van der Waals surface area contributed by atoms with E-state index in [1.54, 1.807) is 12.1 Å². The highest BCUT2D eigenvalue weighted by atomic mass is 79.9. The molecule has 2 aromatic rings. The molecule has 0 atom stereocenters. The summed E-state index contributed by atoms with van der Waals surface area (Å²) >= 11 is 15.4. The molecule has 0 saturated carbocycles. The molecule has 0 spiro atoms. The Labute approximate surface area is 164 Å². The summed E-state index contributed by atoms with van der Waals surface area (Å²) in [6.45, 7) is -0.124. The van der Waals surface area contributed by atoms with Crippen molar-refractivity contribution in [2.75, 3.05) is 26.0 Å². The van der Waals surface area contributed by atoms with Crippen LogP contribution in [0.15, 0.2) is 40.9 Å². The van der Waals surface area contributed by atoms with Crippen LogP contribution >= 0.6 is 39.1 Å². The first-order valence-corrected chi connectivity index (χ1v) is 8.71. The maximum Gasteiger partial charge on any atom is 0.254 e. The van der Waals surface area contributed by atoms with Gasteiger partial charge in [-0.2, -0.15) is 0 Å². The van der Waals surface area contributed by atoms with Crippen LogP contribution < -0.4 is 10.1 Å². The molecule has 2 aromatic carbocycles. The Kier molecular flexibility index (Phi) is 6.70. The average Bonchev–Trinajstić information content (AvgIpc) is 2.55. The van der Waals surface area contributed by atoms with Crippen molar-refractivity contribution in [2.45, 2.75) is 0 Å². The molecule has 0 bridgehead atoms. The number of carbonyl (C=O) groups excluding carboxylic acids is 2. The van der Waals surface area contributed by atoms with Gasteiger partial charge in [0.2, 0.25) is 5.91 Å². The third kappa shape index (κ3) is 4.87. The number of methoxy groups -OCH3 is 1. The smallest absolute Gasteiger partial charge is 0.254 e. The first-order valence-electron chi connectivity index (χ1n) is 7.16. The Bertz CT molecular complexity index is 791. The van der Waals surface area contributed by atoms with Crippen molar-refractivity contribution >= 4 is 56.6 Å². The third-order valence-electron chi connectivity index (χ3n) is 3.32. The number of hydrogen-bond acceptors (Lipinski definition) is 3. The van der Waals surface area contributed by atoms with Gasteiger partial charge in [-0.1, -0.05) is 35.3 Å². The summed E-state index contributed by atoms with van der Waals surface area (Å²) in [5.41, 5.74) is 0.899. The van der Waals surface area contributed by atoms with Gasteiger partial charge < -0.3 is 15.0 Å². The highest BCUT2D eigenvalue weighted by Gasteiger charge is 2.19. The molecule has 0 aliphatic rings. The molecular weight excluding hydrogens is 431 g/mol. The van der Waals surface area contributed by atoms with E-state index in [1.807, 2.05) is 12.1 Å². The Morgan fingerprint density at radius 3 is 2.36 bits per heavy atom. The molecule has 2 amide bonds. The number of amides is 2. The van der Waals surface area contributed by atoms with Gasteiger partial charge in [0, 0.05) is 17.1 Å². The molecule has 1 N–H and O–H groups in total. The van der Waals surface area contributed by atoms with Crippen LogP contribution in [0.25, 0.3) is 0 Å². The Morgan fingerprint density at radius 2 is 1.80 bits per heavy atom. The summed E-state index contributed by atoms with van der Waals surface area (Å²) in [4.78, 5) is 25.9. The number of halogens is 3. The number of nitrogens with zero attached hydrogens (tertiary/aromatic N) is 1. The van der Waals surface area contributed by atoms with Crippen molar-refractivity contribution in [3.63, 3.8) is 0 Å². The fourth-order valence-corrected chi connectivity index (χ4v) is 3.16. The van der Waals surface area contributed by atoms with Gasteiger partial charge in [-0.25, -0.2) is 0 Å². The fourth-order valence-electron chi connectivity index (χ4n) is 2.14. The van der Waals surface area contributed by atoms with Gasteiger partial charge in [-0.15, -0.1) is 0 Å². The number of para-hydroxylation sites is 1. The van der Waals surface area contributed by atoms with Crippen LogP contribution in [-0.4, -0.2) is 37.4 Å². The Balaban J connectivity index is 2.07. The van der Waals surface area contributed by atoms with Crippen molar-refractivity contribution in [2.24, 2.45) is 0 Å². The molecule has 0 unspecified atom stereocenters. The standard InChI is InChI=1S/C17H15BrCl2N2O3/c1-22(9-15(23)21-14-6-4-3-5-11(14)18)17(24)10-7-12(19)16(25-2)13(20)8-10/h3-8H,9H2,1-2H3,(H,21,23). The van der Waals surface area contributed by atoms with Crippen LogP contribution in [0.5, 0.6) is 5.75 Å². The van der Waals surface area contributed by atoms with Gasteiger partial charge in [-0.3, -0.25) is 9.59 Å². The average molecular weight is 446 g/mol. The zero-order valence-corrected chi connectivity index (χ0v) is 16.6. The minimum absolute atomic E-state index is 0.124. The maximum atomic E-state index is 12.5. The summed E-state index contributed by atoms with van der Waals surface area (Å²) in [7, 11) is 2.96. The molecule has 0 aliphatic carbocycles. The van der Waals surface area contributed by atoms with E-state index in [0.717, 1.165) is 4.47 Å². The first kappa shape index (κ1) is 19.6. The maximum absolute atomic E-state index is 12.5. The molecule has 5 nitrogen and oxygen atoms in total. The van der Waals surface area contributed by atoms with E-state index in [4.69, 9.17) is 27.9 Å². The molecule has 0 heterocycles. The van der Waals surface area contributed by atoms with Crippen LogP contribution in [0.1, 0.15) is 10.4 Å². The van der Waals surface area contributed by atoms with Crippen LogP contribution in [0.3, 0.4) is 0 Å². The van der Waals surface area contributed by atoms with Gasteiger partial charge in [-0.05, 0) is 40.2 Å². The second-order valence-electron chi connectivity index (χ2n) is 5.16. The monoisotopic (exact) mass is 444 g/mol. The quantitative estimate of drug-likeness (QED) is 0.738. The largest absolute Gasteiger partial charge is 0.494 e. The summed E-state index contributed by atoms with van der Waals surface area (Å²) in [5, 5.41) is 3.19. The molecule has 2 rings (SSSR count). The summed E-state index contributed by atoms with van der Waals surface area (Å²) in [6, 6.07) is 10.1. The van der Waals surface area contributed by atoms with E-state index in [-0.39, 0.29) is 34.0 Å². The van der Waals surface area contributed by atoms with Gasteiger partial charge >= 0.3 is 0 Å². The zero-order chi connectivity index (χ0) is 18.6. The van der Waals surface area contributed by atoms with Crippen molar-refractivity contribution < 1.29 is 14.3 Å². The Hall–Kier alpha value is -1.76. The fraction of sp³-hybridized carbons (Fsp3) is 0.176. The van der Waals surface area contributed by atoms with Gasteiger partial charge in [0.05, 0.1) is 29.4 Å². The van der Waals surface area contributed by atoms with Gasteiger partial charge in [0.25, 0.3) is 5.91 Å². The van der Waals surface area contributed by atoms with Gasteiger partial charge in [0.1, 0.15) is 0 Å². The van der Waals surface area contributed by atoms with E-state index in [0.29, 0.717) is 11.4 Å². The lowest BCUT2D eigenvalue weighted by molar-refractivity contribution is -0.116. The van der Waals surface area contributed by atoms with Crippen molar-refractivity contribution in [3.8, 4) is 5.75 Å². The Morgan fingerprint density at radius 1 is 1.20 bits per heavy atom. The second-order valence-corrected chi connectivity index (χ2v) is 6.83. The number of hydrogen-bond donors (Lipinski definition) is 1. The van der Waals surface area contributed by atoms with Gasteiger partial charge in [0.15, 0.2) is 5.75 Å². The minimum atomic E-state index is -0.381. The predicted octanol–water partition coefficient (Wildman–Crippen LogP) is 4.48. The minimum Gasteiger partial charge on any atom is -0.494 e. The van der Waals surface area contributed by atoms with Crippen LogP contribution in [0, 0.1) is 0 Å². The third-order valence-corrected chi connectivity index (χ3v) is 4.58. The predicted molar refractivity (Wildman–Crippen MR) is 103 cm³/mol. The van der Waals surface area contributed by atoms with E-state index in [1.165, 1.54) is 31.2 Å². The zero-order valence-electron chi connectivity index (χ0n) is 13.5. The molecule has 0 saturated heterocycles. The normalized spacial score (nSPS) is 10.3. The van der Waals surface area contributed by atoms with Crippen molar-refractivity contribution in [1.82, 2.24) is 4.90 Å². The number of benzene rings is 2. The lowest BCUT2D eigenvalue weighted by Crippen LogP contribution is -2.35. The van der Waals surface area contributed by atoms with Crippen molar-refractivity contribution in [3.05, 3.63) is 56.5 Å². The molecule has 0 fully saturated rings. The summed E-state index contributed by atoms with van der Waals surface area (Å²) in [6.07, 6.45) is 0. The molecule has 0 radical (unpaired) electrons. The highest BCUT2D eigenvalue weighted by Crippen LogP contribution is 2.34. The van der Waals surface area contributed by atoms with E-state index in [9.17, 15) is 9.59 Å². The molecule has 25 heavy (non-hydrogen) atoms. The molecule has 0 aromatic heterocycles. The lowest BCUT2D eigenvalue weighted by Gasteiger charge is -2.18. The van der Waals surface area contributed by atoms with Crippen molar-refractivity contribution in [1.29, 1.82) is 0 Å². The number of carbonyl (C=O) groups is 2. The van der Waals surface area contributed by atoms with E-state index >= 15 is 0 Å².